The number of benzene rings is 3. The Kier molecular flexibility index (Phi) is 6.11. The standard InChI is InChI=1S/C22H21NO4S/c1-28(25,26)21-13-9-19(10-14-21)22(24)23-15-17-7-11-20(12-8-17)27-16-18-5-3-2-4-6-18/h2-14H,15-16H2,1H3,(H,23,24). The van der Waals surface area contributed by atoms with E-state index in [1.54, 1.807) is 0 Å². The third-order valence-electron chi connectivity index (χ3n) is 4.17. The molecular formula is C22H21NO4S. The number of sulfone groups is 1. The van der Waals surface area contributed by atoms with Gasteiger partial charge in [0, 0.05) is 18.4 Å². The molecule has 6 heteroatoms. The molecule has 5 nitrogen and oxygen atoms in total. The molecule has 3 aromatic rings. The van der Waals surface area contributed by atoms with Gasteiger partial charge in [0.15, 0.2) is 9.84 Å². The van der Waals surface area contributed by atoms with Crippen LogP contribution < -0.4 is 10.1 Å². The molecule has 144 valence electrons. The highest BCUT2D eigenvalue weighted by Crippen LogP contribution is 2.15. The molecule has 28 heavy (non-hydrogen) atoms. The van der Waals surface area contributed by atoms with Crippen LogP contribution in [0.3, 0.4) is 0 Å². The van der Waals surface area contributed by atoms with Crippen LogP contribution in [-0.2, 0) is 23.0 Å². The number of amides is 1. The molecule has 0 aliphatic heterocycles. The summed E-state index contributed by atoms with van der Waals surface area (Å²) in [5.41, 5.74) is 2.45. The van der Waals surface area contributed by atoms with Crippen molar-refractivity contribution in [2.75, 3.05) is 6.26 Å². The Bertz CT molecular complexity index is 1030. The number of hydrogen-bond donors (Lipinski definition) is 1. The molecule has 0 radical (unpaired) electrons. The quantitative estimate of drug-likeness (QED) is 0.663. The summed E-state index contributed by atoms with van der Waals surface area (Å²) in [5, 5.41) is 2.82. The average molecular weight is 395 g/mol. The molecule has 0 saturated carbocycles. The lowest BCUT2D eigenvalue weighted by atomic mass is 10.2. The zero-order chi connectivity index (χ0) is 20.0. The number of ether oxygens (including phenoxy) is 1. The van der Waals surface area contributed by atoms with E-state index in [2.05, 4.69) is 5.32 Å². The van der Waals surface area contributed by atoms with Crippen molar-refractivity contribution in [2.24, 2.45) is 0 Å². The minimum atomic E-state index is -3.27. The van der Waals surface area contributed by atoms with Gasteiger partial charge in [-0.2, -0.15) is 0 Å². The highest BCUT2D eigenvalue weighted by atomic mass is 32.2. The van der Waals surface area contributed by atoms with E-state index < -0.39 is 9.84 Å². The zero-order valence-corrected chi connectivity index (χ0v) is 16.3. The van der Waals surface area contributed by atoms with Crippen LogP contribution in [0.25, 0.3) is 0 Å². The van der Waals surface area contributed by atoms with Crippen molar-refractivity contribution >= 4 is 15.7 Å². The monoisotopic (exact) mass is 395 g/mol. The predicted molar refractivity (Wildman–Crippen MR) is 108 cm³/mol. The van der Waals surface area contributed by atoms with Crippen LogP contribution in [0, 0.1) is 0 Å². The van der Waals surface area contributed by atoms with Crippen molar-refractivity contribution in [3.8, 4) is 5.75 Å². The highest BCUT2D eigenvalue weighted by Gasteiger charge is 2.09. The molecule has 3 rings (SSSR count). The third kappa shape index (κ3) is 5.44. The maximum absolute atomic E-state index is 12.2. The molecule has 0 spiro atoms. The van der Waals surface area contributed by atoms with E-state index in [1.165, 1.54) is 24.3 Å². The molecule has 0 fully saturated rings. The van der Waals surface area contributed by atoms with Crippen molar-refractivity contribution in [3.05, 3.63) is 95.6 Å². The number of rotatable bonds is 7. The fraction of sp³-hybridized carbons (Fsp3) is 0.136. The fourth-order valence-electron chi connectivity index (χ4n) is 2.58. The van der Waals surface area contributed by atoms with Crippen LogP contribution in [0.15, 0.2) is 83.8 Å². The minimum absolute atomic E-state index is 0.190. The first-order valence-electron chi connectivity index (χ1n) is 8.76. The minimum Gasteiger partial charge on any atom is -0.489 e. The maximum Gasteiger partial charge on any atom is 0.251 e. The molecule has 0 aliphatic carbocycles. The average Bonchev–Trinajstić information content (AvgIpc) is 2.71. The normalized spacial score (nSPS) is 11.0. The molecule has 0 aromatic heterocycles. The van der Waals surface area contributed by atoms with Gasteiger partial charge in [0.1, 0.15) is 12.4 Å². The van der Waals surface area contributed by atoms with Crippen LogP contribution in [0.1, 0.15) is 21.5 Å². The van der Waals surface area contributed by atoms with E-state index in [0.29, 0.717) is 18.7 Å². The lowest BCUT2D eigenvalue weighted by Gasteiger charge is -2.09. The van der Waals surface area contributed by atoms with Crippen LogP contribution in [-0.4, -0.2) is 20.6 Å². The second-order valence-electron chi connectivity index (χ2n) is 6.40. The van der Waals surface area contributed by atoms with Crippen molar-refractivity contribution < 1.29 is 17.9 Å². The van der Waals surface area contributed by atoms with Gasteiger partial charge in [-0.15, -0.1) is 0 Å². The third-order valence-corrected chi connectivity index (χ3v) is 5.30. The Balaban J connectivity index is 1.52. The first-order valence-corrected chi connectivity index (χ1v) is 10.6. The lowest BCUT2D eigenvalue weighted by Crippen LogP contribution is -2.22. The Hall–Kier alpha value is -3.12. The molecule has 0 aliphatic rings. The Morgan fingerprint density at radius 1 is 0.857 bits per heavy atom. The van der Waals surface area contributed by atoms with Gasteiger partial charge in [-0.25, -0.2) is 8.42 Å². The van der Waals surface area contributed by atoms with Crippen molar-refractivity contribution in [1.82, 2.24) is 5.32 Å². The molecule has 1 N–H and O–H groups in total. The number of carbonyl (C=O) groups excluding carboxylic acids is 1. The Morgan fingerprint density at radius 2 is 1.50 bits per heavy atom. The van der Waals surface area contributed by atoms with Crippen molar-refractivity contribution in [2.45, 2.75) is 18.0 Å². The summed E-state index contributed by atoms with van der Waals surface area (Å²) in [4.78, 5) is 12.4. The Labute approximate surface area is 164 Å². The highest BCUT2D eigenvalue weighted by molar-refractivity contribution is 7.90. The lowest BCUT2D eigenvalue weighted by molar-refractivity contribution is 0.0951. The second kappa shape index (κ2) is 8.71. The molecular weight excluding hydrogens is 374 g/mol. The van der Waals surface area contributed by atoms with E-state index in [9.17, 15) is 13.2 Å². The predicted octanol–water partition coefficient (Wildman–Crippen LogP) is 3.60. The summed E-state index contributed by atoms with van der Waals surface area (Å²) in [6, 6.07) is 23.3. The van der Waals surface area contributed by atoms with E-state index in [-0.39, 0.29) is 10.8 Å². The summed E-state index contributed by atoms with van der Waals surface area (Å²) in [5.74, 6) is 0.500. The van der Waals surface area contributed by atoms with Crippen LogP contribution >= 0.6 is 0 Å². The van der Waals surface area contributed by atoms with Crippen LogP contribution in [0.5, 0.6) is 5.75 Å². The summed E-state index contributed by atoms with van der Waals surface area (Å²) >= 11 is 0. The summed E-state index contributed by atoms with van der Waals surface area (Å²) in [7, 11) is -3.27. The van der Waals surface area contributed by atoms with Gasteiger partial charge in [-0.05, 0) is 47.5 Å². The smallest absolute Gasteiger partial charge is 0.251 e. The summed E-state index contributed by atoms with van der Waals surface area (Å²) in [6.45, 7) is 0.867. The van der Waals surface area contributed by atoms with Crippen molar-refractivity contribution in [3.63, 3.8) is 0 Å². The number of carbonyl (C=O) groups is 1. The molecule has 0 heterocycles. The van der Waals surface area contributed by atoms with E-state index >= 15 is 0 Å². The van der Waals surface area contributed by atoms with E-state index in [4.69, 9.17) is 4.74 Å². The van der Waals surface area contributed by atoms with Crippen LogP contribution in [0.4, 0.5) is 0 Å². The summed E-state index contributed by atoms with van der Waals surface area (Å²) < 4.78 is 28.7. The zero-order valence-electron chi connectivity index (χ0n) is 15.5. The number of hydrogen-bond acceptors (Lipinski definition) is 4. The first kappa shape index (κ1) is 19.6. The van der Waals surface area contributed by atoms with Crippen LogP contribution in [0.2, 0.25) is 0 Å². The van der Waals surface area contributed by atoms with Gasteiger partial charge >= 0.3 is 0 Å². The van der Waals surface area contributed by atoms with Gasteiger partial charge < -0.3 is 10.1 Å². The molecule has 1 amide bonds. The summed E-state index contributed by atoms with van der Waals surface area (Å²) in [6.07, 6.45) is 1.13. The second-order valence-corrected chi connectivity index (χ2v) is 8.41. The fourth-order valence-corrected chi connectivity index (χ4v) is 3.21. The number of nitrogens with one attached hydrogen (secondary N) is 1. The topological polar surface area (TPSA) is 72.5 Å². The van der Waals surface area contributed by atoms with E-state index in [0.717, 1.165) is 23.1 Å². The molecule has 3 aromatic carbocycles. The van der Waals surface area contributed by atoms with Gasteiger partial charge in [-0.3, -0.25) is 4.79 Å². The van der Waals surface area contributed by atoms with Crippen molar-refractivity contribution in [1.29, 1.82) is 0 Å². The maximum atomic E-state index is 12.2. The van der Waals surface area contributed by atoms with Gasteiger partial charge in [0.2, 0.25) is 0 Å². The molecule has 0 atom stereocenters. The van der Waals surface area contributed by atoms with Gasteiger partial charge in [0.25, 0.3) is 5.91 Å². The van der Waals surface area contributed by atoms with Gasteiger partial charge in [0.05, 0.1) is 4.90 Å². The first-order chi connectivity index (χ1) is 13.4. The van der Waals surface area contributed by atoms with Gasteiger partial charge in [-0.1, -0.05) is 42.5 Å². The van der Waals surface area contributed by atoms with E-state index in [1.807, 2.05) is 54.6 Å². The molecule has 0 bridgehead atoms. The molecule has 0 unspecified atom stereocenters. The largest absolute Gasteiger partial charge is 0.489 e. The Morgan fingerprint density at radius 3 is 2.11 bits per heavy atom. The SMILES string of the molecule is CS(=O)(=O)c1ccc(C(=O)NCc2ccc(OCc3ccccc3)cc2)cc1. The molecule has 0 saturated heterocycles.